The van der Waals surface area contributed by atoms with Crippen molar-refractivity contribution < 1.29 is 24.9 Å². The largest absolute Gasteiger partial charge is 0.507 e. The second kappa shape index (κ2) is 7.77. The van der Waals surface area contributed by atoms with E-state index in [0.29, 0.717) is 0 Å². The summed E-state index contributed by atoms with van der Waals surface area (Å²) in [5, 5.41) is 30.9. The number of hydrogen-bond acceptors (Lipinski definition) is 5. The first-order chi connectivity index (χ1) is 11.5. The molecule has 1 amide bonds. The molecule has 2 aromatic rings. The van der Waals surface area contributed by atoms with E-state index in [2.05, 4.69) is 10.3 Å². The van der Waals surface area contributed by atoms with E-state index in [1.54, 1.807) is 12.1 Å². The first-order valence-corrected chi connectivity index (χ1v) is 7.12. The van der Waals surface area contributed by atoms with Crippen molar-refractivity contribution in [3.05, 3.63) is 59.2 Å². The molecule has 0 aliphatic heterocycles. The number of amides is 1. The molecule has 7 heteroatoms. The number of carbonyl (C=O) groups excluding carboxylic acids is 1. The summed E-state index contributed by atoms with van der Waals surface area (Å²) in [5.74, 6) is -2.10. The van der Waals surface area contributed by atoms with Gasteiger partial charge in [-0.05, 0) is 24.3 Å². The zero-order valence-corrected chi connectivity index (χ0v) is 12.6. The number of nitrogens with zero attached hydrogens (tertiary/aromatic N) is 1. The molecule has 0 aliphatic carbocycles. The lowest BCUT2D eigenvalue weighted by atomic mass is 10.1. The number of phenols is 2. The minimum Gasteiger partial charge on any atom is -0.507 e. The van der Waals surface area contributed by atoms with Crippen LogP contribution in [-0.4, -0.2) is 46.5 Å². The van der Waals surface area contributed by atoms with Crippen molar-refractivity contribution in [2.24, 2.45) is 4.99 Å². The summed E-state index contributed by atoms with van der Waals surface area (Å²) in [6.45, 7) is 0.457. The number of hydrogen-bond donors (Lipinski definition) is 4. The van der Waals surface area contributed by atoms with Crippen molar-refractivity contribution in [1.29, 1.82) is 0 Å². The third kappa shape index (κ3) is 4.10. The number of carboxylic acid groups (broad SMARTS) is 1. The Balaban J connectivity index is 1.90. The monoisotopic (exact) mass is 328 g/mol. The van der Waals surface area contributed by atoms with Crippen molar-refractivity contribution in [2.45, 2.75) is 0 Å². The molecule has 4 N–H and O–H groups in total. The van der Waals surface area contributed by atoms with E-state index >= 15 is 0 Å². The number of benzene rings is 2. The van der Waals surface area contributed by atoms with Gasteiger partial charge in [-0.1, -0.05) is 18.2 Å². The minimum absolute atomic E-state index is 0.103. The van der Waals surface area contributed by atoms with Crippen LogP contribution in [0.3, 0.4) is 0 Å². The molecule has 0 aromatic heterocycles. The van der Waals surface area contributed by atoms with Crippen molar-refractivity contribution in [2.75, 3.05) is 13.1 Å². The summed E-state index contributed by atoms with van der Waals surface area (Å²) in [6.07, 6.45) is 1.34. The Morgan fingerprint density at radius 2 is 1.75 bits per heavy atom. The van der Waals surface area contributed by atoms with Gasteiger partial charge in [0.15, 0.2) is 0 Å². The molecule has 24 heavy (non-hydrogen) atoms. The Hall–Kier alpha value is -3.35. The van der Waals surface area contributed by atoms with Crippen molar-refractivity contribution in [3.8, 4) is 11.5 Å². The zero-order valence-electron chi connectivity index (χ0n) is 12.6. The molecule has 7 nitrogen and oxygen atoms in total. The molecule has 2 aromatic carbocycles. The summed E-state index contributed by atoms with van der Waals surface area (Å²) in [5.41, 5.74) is 0.252. The molecular formula is C17H16N2O5. The molecule has 0 saturated carbocycles. The van der Waals surface area contributed by atoms with Crippen LogP contribution in [0, 0.1) is 0 Å². The van der Waals surface area contributed by atoms with Gasteiger partial charge >= 0.3 is 5.97 Å². The summed E-state index contributed by atoms with van der Waals surface area (Å²) < 4.78 is 0. The number of carboxylic acids is 1. The van der Waals surface area contributed by atoms with Crippen molar-refractivity contribution >= 4 is 18.1 Å². The summed E-state index contributed by atoms with van der Waals surface area (Å²) in [6, 6.07) is 10.5. The molecule has 124 valence electrons. The number of para-hydroxylation sites is 2. The first-order valence-electron chi connectivity index (χ1n) is 7.12. The maximum atomic E-state index is 11.8. The smallest absolute Gasteiger partial charge is 0.339 e. The van der Waals surface area contributed by atoms with E-state index in [0.717, 1.165) is 0 Å². The molecule has 0 saturated heterocycles. The van der Waals surface area contributed by atoms with Gasteiger partial charge in [0.1, 0.15) is 17.1 Å². The highest BCUT2D eigenvalue weighted by atomic mass is 16.4. The highest BCUT2D eigenvalue weighted by molar-refractivity contribution is 5.97. The Morgan fingerprint density at radius 3 is 2.46 bits per heavy atom. The van der Waals surface area contributed by atoms with Crippen LogP contribution >= 0.6 is 0 Å². The first kappa shape index (κ1) is 17.0. The summed E-state index contributed by atoms with van der Waals surface area (Å²) in [4.78, 5) is 26.8. The van der Waals surface area contributed by atoms with E-state index < -0.39 is 11.9 Å². The lowest BCUT2D eigenvalue weighted by Gasteiger charge is -2.05. The third-order valence-corrected chi connectivity index (χ3v) is 3.20. The van der Waals surface area contributed by atoms with Crippen LogP contribution in [0.25, 0.3) is 0 Å². The predicted molar refractivity (Wildman–Crippen MR) is 88.0 cm³/mol. The minimum atomic E-state index is -1.22. The number of aromatic hydroxyl groups is 2. The topological polar surface area (TPSA) is 119 Å². The standard InChI is InChI=1S/C17H16N2O5/c20-14-7-2-1-5-12(14)16(22)19-9-8-18-10-11-4-3-6-13(15(11)21)17(23)24/h1-7,10,20-21H,8-9H2,(H,19,22)(H,23,24). The van der Waals surface area contributed by atoms with Gasteiger partial charge in [0.25, 0.3) is 5.91 Å². The Kier molecular flexibility index (Phi) is 5.51. The molecular weight excluding hydrogens is 312 g/mol. The predicted octanol–water partition coefficient (Wildman–Crippen LogP) is 1.64. The third-order valence-electron chi connectivity index (χ3n) is 3.20. The van der Waals surface area contributed by atoms with E-state index in [1.807, 2.05) is 0 Å². The number of phenolic OH excluding ortho intramolecular Hbond substituents is 1. The summed E-state index contributed by atoms with van der Waals surface area (Å²) in [7, 11) is 0. The number of carbonyl (C=O) groups is 2. The molecule has 0 bridgehead atoms. The number of nitrogens with one attached hydrogen (secondary N) is 1. The van der Waals surface area contributed by atoms with Crippen molar-refractivity contribution in [3.63, 3.8) is 0 Å². The zero-order chi connectivity index (χ0) is 17.5. The van der Waals surface area contributed by atoms with Crippen LogP contribution in [-0.2, 0) is 0 Å². The molecule has 0 atom stereocenters. The average Bonchev–Trinajstić information content (AvgIpc) is 2.56. The lowest BCUT2D eigenvalue weighted by molar-refractivity contribution is 0.0693. The van der Waals surface area contributed by atoms with Gasteiger partial charge in [0.05, 0.1) is 12.1 Å². The van der Waals surface area contributed by atoms with Gasteiger partial charge in [-0.3, -0.25) is 9.79 Å². The molecule has 0 unspecified atom stereocenters. The van der Waals surface area contributed by atoms with Crippen LogP contribution in [0.5, 0.6) is 11.5 Å². The fraction of sp³-hybridized carbons (Fsp3) is 0.118. The molecule has 0 aliphatic rings. The molecule has 2 rings (SSSR count). The second-order valence-electron chi connectivity index (χ2n) is 4.86. The van der Waals surface area contributed by atoms with E-state index in [1.165, 1.54) is 36.5 Å². The highest BCUT2D eigenvalue weighted by Gasteiger charge is 2.11. The van der Waals surface area contributed by atoms with Gasteiger partial charge in [0.2, 0.25) is 0 Å². The maximum Gasteiger partial charge on any atom is 0.339 e. The SMILES string of the molecule is O=C(NCCN=Cc1cccc(C(=O)O)c1O)c1ccccc1O. The number of aromatic carboxylic acids is 1. The van der Waals surface area contributed by atoms with E-state index in [-0.39, 0.29) is 41.3 Å². The normalized spacial score (nSPS) is 10.7. The highest BCUT2D eigenvalue weighted by Crippen LogP contribution is 2.20. The fourth-order valence-electron chi connectivity index (χ4n) is 2.00. The molecule has 0 radical (unpaired) electrons. The number of aliphatic imine (C=N–C) groups is 1. The van der Waals surface area contributed by atoms with Crippen LogP contribution in [0.2, 0.25) is 0 Å². The summed E-state index contributed by atoms with van der Waals surface area (Å²) >= 11 is 0. The fourth-order valence-corrected chi connectivity index (χ4v) is 2.00. The average molecular weight is 328 g/mol. The second-order valence-corrected chi connectivity index (χ2v) is 4.86. The molecule has 0 spiro atoms. The number of rotatable bonds is 6. The van der Waals surface area contributed by atoms with Crippen LogP contribution in [0.15, 0.2) is 47.5 Å². The molecule has 0 heterocycles. The quantitative estimate of drug-likeness (QED) is 0.475. The van der Waals surface area contributed by atoms with Gasteiger partial charge < -0.3 is 20.6 Å². The van der Waals surface area contributed by atoms with Gasteiger partial charge in [-0.2, -0.15) is 0 Å². The van der Waals surface area contributed by atoms with E-state index in [4.69, 9.17) is 5.11 Å². The Labute approximate surface area is 137 Å². The lowest BCUT2D eigenvalue weighted by Crippen LogP contribution is -2.26. The van der Waals surface area contributed by atoms with Gasteiger partial charge in [-0.15, -0.1) is 0 Å². The van der Waals surface area contributed by atoms with Crippen LogP contribution in [0.4, 0.5) is 0 Å². The Morgan fingerprint density at radius 1 is 1.04 bits per heavy atom. The van der Waals surface area contributed by atoms with Crippen molar-refractivity contribution in [1.82, 2.24) is 5.32 Å². The molecule has 0 fully saturated rings. The Bertz CT molecular complexity index is 786. The maximum absolute atomic E-state index is 11.8. The van der Waals surface area contributed by atoms with E-state index in [9.17, 15) is 19.8 Å². The van der Waals surface area contributed by atoms with Gasteiger partial charge in [-0.25, -0.2) is 4.79 Å². The van der Waals surface area contributed by atoms with Crippen LogP contribution in [0.1, 0.15) is 26.3 Å². The van der Waals surface area contributed by atoms with Gasteiger partial charge in [0, 0.05) is 18.3 Å². The van der Waals surface area contributed by atoms with Crippen LogP contribution < -0.4 is 5.32 Å².